The zero-order valence-electron chi connectivity index (χ0n) is 39.5. The molecule has 4 aliphatic rings. The fourth-order valence-electron chi connectivity index (χ4n) is 8.50. The third-order valence-corrected chi connectivity index (χ3v) is 12.1. The summed E-state index contributed by atoms with van der Waals surface area (Å²) in [4.78, 5) is 88.6. The number of nitrogens with zero attached hydrogens (tertiary/aromatic N) is 3. The Bertz CT molecular complexity index is 2030. The van der Waals surface area contributed by atoms with Crippen LogP contribution in [0.2, 0.25) is 0 Å². The van der Waals surface area contributed by atoms with Crippen LogP contribution in [0.5, 0.6) is 0 Å². The number of alkyl halides is 3. The van der Waals surface area contributed by atoms with E-state index in [1.807, 2.05) is 74.5 Å². The molecule has 2 aromatic carbocycles. The smallest absolute Gasteiger partial charge is 0.446 e. The summed E-state index contributed by atoms with van der Waals surface area (Å²) in [7, 11) is 0. The van der Waals surface area contributed by atoms with Crippen molar-refractivity contribution >= 4 is 52.8 Å². The van der Waals surface area contributed by atoms with Crippen LogP contribution in [-0.2, 0) is 56.2 Å². The second kappa shape index (κ2) is 27.0. The minimum absolute atomic E-state index is 0. The highest BCUT2D eigenvalue weighted by Crippen LogP contribution is 2.41. The Morgan fingerprint density at radius 1 is 0.735 bits per heavy atom. The monoisotopic (exact) mass is 974 g/mol. The van der Waals surface area contributed by atoms with Gasteiger partial charge >= 0.3 is 18.1 Å². The molecule has 0 radical (unpaired) electrons. The molecule has 4 atom stereocenters. The van der Waals surface area contributed by atoms with Crippen molar-refractivity contribution in [3.05, 3.63) is 96.1 Å². The molecule has 2 spiro atoms. The molecule has 6 rings (SSSR count). The van der Waals surface area contributed by atoms with E-state index in [2.05, 4.69) is 32.3 Å². The van der Waals surface area contributed by atoms with Crippen molar-refractivity contribution in [2.24, 2.45) is 11.8 Å². The molecule has 376 valence electrons. The average molecular weight is 976 g/mol. The number of allylic oxidation sites excluding steroid dienone is 1. The van der Waals surface area contributed by atoms with Crippen LogP contribution < -0.4 is 5.32 Å². The molecule has 17 heteroatoms. The fourth-order valence-corrected chi connectivity index (χ4v) is 8.50. The summed E-state index contributed by atoms with van der Waals surface area (Å²) in [5.41, 5.74) is 1.41. The lowest BCUT2D eigenvalue weighted by Gasteiger charge is -2.35. The molecule has 4 heterocycles. The number of carbonyl (C=O) groups excluding carboxylic acids is 7. The second-order valence-corrected chi connectivity index (χ2v) is 18.5. The van der Waals surface area contributed by atoms with E-state index in [9.17, 15) is 41.9 Å². The normalized spacial score (nSPS) is 20.3. The van der Waals surface area contributed by atoms with E-state index in [1.54, 1.807) is 28.5 Å². The van der Waals surface area contributed by atoms with Crippen molar-refractivity contribution in [2.75, 3.05) is 26.2 Å². The first-order valence-electron chi connectivity index (χ1n) is 22.6. The summed E-state index contributed by atoms with van der Waals surface area (Å²) in [5, 5.41) is 2.91. The third kappa shape index (κ3) is 16.7. The molecule has 4 saturated heterocycles. The first-order chi connectivity index (χ1) is 31.5. The van der Waals surface area contributed by atoms with E-state index in [1.165, 1.54) is 0 Å². The number of amides is 3. The summed E-state index contributed by atoms with van der Waals surface area (Å²) in [5.74, 6) is -0.357. The number of carbonyl (C=O) groups is 7. The molecule has 68 heavy (non-hydrogen) atoms. The van der Waals surface area contributed by atoms with Gasteiger partial charge in [0.05, 0.1) is 5.54 Å². The summed E-state index contributed by atoms with van der Waals surface area (Å²) >= 11 is 4.87. The highest BCUT2D eigenvalue weighted by Gasteiger charge is 2.57. The largest absolute Gasteiger partial charge is 0.459 e. The highest BCUT2D eigenvalue weighted by molar-refractivity contribution is 6.67. The molecule has 4 fully saturated rings. The summed E-state index contributed by atoms with van der Waals surface area (Å²) < 4.78 is 42.4. The van der Waals surface area contributed by atoms with Crippen molar-refractivity contribution < 1.29 is 56.2 Å². The van der Waals surface area contributed by atoms with Gasteiger partial charge in [0.25, 0.3) is 0 Å². The van der Waals surface area contributed by atoms with Gasteiger partial charge in [-0.25, -0.2) is 9.59 Å². The summed E-state index contributed by atoms with van der Waals surface area (Å²) in [6, 6.07) is 18.0. The van der Waals surface area contributed by atoms with E-state index in [4.69, 9.17) is 25.9 Å². The predicted octanol–water partition coefficient (Wildman–Crippen LogP) is 8.52. The minimum atomic E-state index is -4.64. The van der Waals surface area contributed by atoms with Crippen LogP contribution in [0.25, 0.3) is 0 Å². The van der Waals surface area contributed by atoms with Gasteiger partial charge < -0.3 is 29.5 Å². The van der Waals surface area contributed by atoms with Gasteiger partial charge in [-0.15, -0.1) is 0 Å². The summed E-state index contributed by atoms with van der Waals surface area (Å²) in [6.45, 7) is 21.4. The molecule has 0 bridgehead atoms. The molecule has 1 N–H and O–H groups in total. The zero-order chi connectivity index (χ0) is 50.1. The first kappa shape index (κ1) is 58.8. The van der Waals surface area contributed by atoms with Crippen molar-refractivity contribution in [3.8, 4) is 0 Å². The lowest BCUT2D eigenvalue weighted by atomic mass is 9.93. The van der Waals surface area contributed by atoms with Gasteiger partial charge in [0.2, 0.25) is 29.3 Å². The van der Waals surface area contributed by atoms with Crippen LogP contribution in [0.15, 0.2) is 85.0 Å². The van der Waals surface area contributed by atoms with Crippen LogP contribution in [-0.4, -0.2) is 111 Å². The number of nitrogens with one attached hydrogen (secondary N) is 1. The van der Waals surface area contributed by atoms with Crippen LogP contribution in [0, 0.1) is 11.8 Å². The molecule has 0 unspecified atom stereocenters. The number of hydrogen-bond donors (Lipinski definition) is 1. The average Bonchev–Trinajstić information content (AvgIpc) is 4.09. The minimum Gasteiger partial charge on any atom is -0.459 e. The Morgan fingerprint density at radius 3 is 1.56 bits per heavy atom. The Kier molecular flexibility index (Phi) is 23.3. The SMILES string of the molecule is C.C=C(C)C(=O)Cl.C=C(C)C(=O)N1CCC[C@]12CCN([C@H](CC(C)C)C(=O)OCc1ccccc1)C2=O.CC(C)C[C@H](C(=O)OCc1ccccc1)N1CC[C@]2(CCCN2)C1=O.O=CC(F)(F)F. The van der Waals surface area contributed by atoms with Crippen LogP contribution in [0.1, 0.15) is 111 Å². The molecule has 2 aromatic rings. The molecule has 4 aliphatic heterocycles. The third-order valence-electron chi connectivity index (χ3n) is 11.8. The van der Waals surface area contributed by atoms with E-state index in [0.29, 0.717) is 62.4 Å². The van der Waals surface area contributed by atoms with E-state index in [0.717, 1.165) is 43.4 Å². The van der Waals surface area contributed by atoms with E-state index < -0.39 is 40.9 Å². The maximum absolute atomic E-state index is 13.6. The Labute approximate surface area is 404 Å². The topological polar surface area (TPSA) is 160 Å². The van der Waals surface area contributed by atoms with Gasteiger partial charge in [0, 0.05) is 30.8 Å². The number of likely N-dealkylation sites (tertiary alicyclic amines) is 3. The number of esters is 2. The maximum atomic E-state index is 13.6. The van der Waals surface area contributed by atoms with Gasteiger partial charge in [-0.05, 0) is 106 Å². The van der Waals surface area contributed by atoms with Crippen molar-refractivity contribution in [2.45, 2.75) is 143 Å². The fraction of sp³-hybridized carbons (Fsp3) is 0.549. The van der Waals surface area contributed by atoms with Crippen LogP contribution in [0.3, 0.4) is 0 Å². The van der Waals surface area contributed by atoms with E-state index in [-0.39, 0.29) is 56.2 Å². The number of halogens is 4. The van der Waals surface area contributed by atoms with Gasteiger partial charge in [-0.3, -0.25) is 24.0 Å². The first-order valence-corrected chi connectivity index (χ1v) is 23.0. The maximum Gasteiger partial charge on any atom is 0.446 e. The second-order valence-electron chi connectivity index (χ2n) is 18.2. The quantitative estimate of drug-likeness (QED) is 0.0842. The Balaban J connectivity index is 0.000000375. The van der Waals surface area contributed by atoms with Gasteiger partial charge in [0.15, 0.2) is 0 Å². The standard InChI is InChI=1S/C24H32N2O4.C20H28N2O3.C4H5ClO.C2HF3O.CH4/c1-17(2)15-20(22(28)30-16-19-9-6-5-7-10-19)25-14-12-24(23(25)29)11-8-13-26(24)21(27)18(3)4;1-15(2)13-17(18(23)25-14-16-7-4-3-5-8-16)22-12-10-20(19(22)24)9-6-11-21-20;1-3(2)4(5)6;3-2(4,5)1-6;/h5-7,9-10,17,20H,3,8,11-16H2,1-2,4H3;3-5,7-8,15,17,21H,6,9-14H2,1-2H3;1H2,2H3;1H;1H4/t20-,24-;17-,20-;;;/m11.../s1. The van der Waals surface area contributed by atoms with Crippen LogP contribution >= 0.6 is 11.6 Å². The Morgan fingerprint density at radius 2 is 1.18 bits per heavy atom. The van der Waals surface area contributed by atoms with Crippen molar-refractivity contribution in [1.82, 2.24) is 20.0 Å². The molecule has 0 aliphatic carbocycles. The zero-order valence-corrected chi connectivity index (χ0v) is 40.3. The number of rotatable bonds is 14. The van der Waals surface area contributed by atoms with Gasteiger partial charge in [-0.1, -0.05) is 109 Å². The van der Waals surface area contributed by atoms with E-state index >= 15 is 0 Å². The summed E-state index contributed by atoms with van der Waals surface area (Å²) in [6.07, 6.45) is 0.105. The molecule has 3 amide bonds. The van der Waals surface area contributed by atoms with Gasteiger partial charge in [-0.2, -0.15) is 13.2 Å². The Hall–Kier alpha value is -5.35. The lowest BCUT2D eigenvalue weighted by Crippen LogP contribution is -2.55. The van der Waals surface area contributed by atoms with Gasteiger partial charge in [0.1, 0.15) is 30.8 Å². The van der Waals surface area contributed by atoms with Crippen LogP contribution in [0.4, 0.5) is 13.2 Å². The molecule has 13 nitrogen and oxygen atoms in total. The molecule has 0 saturated carbocycles. The molecular weight excluding hydrogens is 905 g/mol. The number of benzene rings is 2. The lowest BCUT2D eigenvalue weighted by molar-refractivity contribution is -0.158. The molecular formula is C51H70ClF3N4O9. The number of aldehydes is 1. The van der Waals surface area contributed by atoms with Crippen molar-refractivity contribution in [1.29, 1.82) is 0 Å². The van der Waals surface area contributed by atoms with Crippen molar-refractivity contribution in [3.63, 3.8) is 0 Å². The predicted molar refractivity (Wildman–Crippen MR) is 255 cm³/mol. The number of ether oxygens (including phenoxy) is 2. The molecule has 0 aromatic heterocycles. The highest BCUT2D eigenvalue weighted by atomic mass is 35.5. The number of hydrogen-bond acceptors (Lipinski definition) is 10.